The number of fused-ring (bicyclic) bond motifs is 2. The van der Waals surface area contributed by atoms with Crippen molar-refractivity contribution in [3.05, 3.63) is 0 Å². The van der Waals surface area contributed by atoms with Gasteiger partial charge in [0, 0.05) is 5.92 Å². The summed E-state index contributed by atoms with van der Waals surface area (Å²) in [6.45, 7) is 4.57. The number of hydrogen-bond donors (Lipinski definition) is 0. The van der Waals surface area contributed by atoms with E-state index in [2.05, 4.69) is 13.8 Å². The van der Waals surface area contributed by atoms with E-state index in [-0.39, 0.29) is 11.7 Å². The fourth-order valence-electron chi connectivity index (χ4n) is 4.06. The predicted octanol–water partition coefficient (Wildman–Crippen LogP) is 2.75. The van der Waals surface area contributed by atoms with Gasteiger partial charge in [0.2, 0.25) is 0 Å². The van der Waals surface area contributed by atoms with Crippen molar-refractivity contribution < 1.29 is 9.59 Å². The van der Waals surface area contributed by atoms with E-state index in [1.807, 2.05) is 0 Å². The Labute approximate surface area is 91.4 Å². The van der Waals surface area contributed by atoms with Crippen LogP contribution in [0.1, 0.15) is 52.4 Å². The fraction of sp³-hybridized carbons (Fsp3) is 0.846. The van der Waals surface area contributed by atoms with Gasteiger partial charge in [-0.25, -0.2) is 0 Å². The van der Waals surface area contributed by atoms with E-state index in [1.165, 1.54) is 25.7 Å². The minimum absolute atomic E-state index is 0.00606. The van der Waals surface area contributed by atoms with Gasteiger partial charge in [0.05, 0.1) is 0 Å². The fourth-order valence-corrected chi connectivity index (χ4v) is 4.06. The van der Waals surface area contributed by atoms with Crippen molar-refractivity contribution in [2.24, 2.45) is 16.7 Å². The molecule has 2 bridgehead atoms. The van der Waals surface area contributed by atoms with Gasteiger partial charge in [-0.1, -0.05) is 20.3 Å². The molecule has 84 valence electrons. The molecule has 0 N–H and O–H groups in total. The molecule has 2 unspecified atom stereocenters. The number of hydrogen-bond acceptors (Lipinski definition) is 2. The van der Waals surface area contributed by atoms with Crippen molar-refractivity contribution in [1.29, 1.82) is 0 Å². The second-order valence-electron chi connectivity index (χ2n) is 6.28. The molecule has 15 heavy (non-hydrogen) atoms. The van der Waals surface area contributed by atoms with Gasteiger partial charge in [0.25, 0.3) is 0 Å². The summed E-state index contributed by atoms with van der Waals surface area (Å²) in [6.07, 6.45) is 7.37. The molecule has 0 aromatic rings. The maximum Gasteiger partial charge on any atom is 0.198 e. The normalized spacial score (nSPS) is 44.8. The van der Waals surface area contributed by atoms with E-state index in [0.29, 0.717) is 17.1 Å². The lowest BCUT2D eigenvalue weighted by atomic mass is 9.53. The zero-order valence-electron chi connectivity index (χ0n) is 9.71. The van der Waals surface area contributed by atoms with Crippen molar-refractivity contribution in [2.45, 2.75) is 52.4 Å². The number of ketones is 1. The highest BCUT2D eigenvalue weighted by Crippen LogP contribution is 2.56. The molecule has 0 amide bonds. The Hall–Kier alpha value is -0.660. The lowest BCUT2D eigenvalue weighted by Crippen LogP contribution is -2.43. The third-order valence-corrected chi connectivity index (χ3v) is 4.41. The Morgan fingerprint density at radius 3 is 2.20 bits per heavy atom. The maximum absolute atomic E-state index is 11.5. The summed E-state index contributed by atoms with van der Waals surface area (Å²) in [4.78, 5) is 22.1. The molecular weight excluding hydrogens is 188 g/mol. The molecule has 0 aromatic heterocycles. The van der Waals surface area contributed by atoms with Crippen LogP contribution in [0.15, 0.2) is 0 Å². The quantitative estimate of drug-likeness (QED) is 0.516. The smallest absolute Gasteiger partial charge is 0.198 e. The van der Waals surface area contributed by atoms with E-state index in [0.717, 1.165) is 12.8 Å². The molecule has 2 rings (SSSR count). The second-order valence-corrected chi connectivity index (χ2v) is 6.28. The highest BCUT2D eigenvalue weighted by atomic mass is 16.2. The molecular formula is C13H20O2. The summed E-state index contributed by atoms with van der Waals surface area (Å²) in [5.74, 6) is -0.166. The van der Waals surface area contributed by atoms with Crippen LogP contribution in [0.4, 0.5) is 0 Å². The van der Waals surface area contributed by atoms with Crippen LogP contribution < -0.4 is 0 Å². The molecule has 2 atom stereocenters. The first-order chi connectivity index (χ1) is 6.96. The van der Waals surface area contributed by atoms with Crippen LogP contribution >= 0.6 is 0 Å². The summed E-state index contributed by atoms with van der Waals surface area (Å²) >= 11 is 0. The molecule has 0 heterocycles. The van der Waals surface area contributed by atoms with E-state index >= 15 is 0 Å². The van der Waals surface area contributed by atoms with Crippen LogP contribution in [0.25, 0.3) is 0 Å². The Kier molecular flexibility index (Phi) is 2.48. The van der Waals surface area contributed by atoms with Gasteiger partial charge >= 0.3 is 0 Å². The average Bonchev–Trinajstić information content (AvgIpc) is 2.13. The maximum atomic E-state index is 11.5. The Morgan fingerprint density at radius 1 is 1.20 bits per heavy atom. The predicted molar refractivity (Wildman–Crippen MR) is 58.5 cm³/mol. The zero-order valence-corrected chi connectivity index (χ0v) is 9.71. The molecule has 2 aliphatic rings. The van der Waals surface area contributed by atoms with E-state index in [4.69, 9.17) is 0 Å². The minimum Gasteiger partial charge on any atom is -0.295 e. The largest absolute Gasteiger partial charge is 0.295 e. The molecule has 2 nitrogen and oxygen atoms in total. The average molecular weight is 208 g/mol. The summed E-state index contributed by atoms with van der Waals surface area (Å²) in [5.41, 5.74) is 0.628. The third-order valence-electron chi connectivity index (χ3n) is 4.41. The number of carbonyl (C=O) groups is 2. The first kappa shape index (κ1) is 10.8. The number of Topliss-reactive ketones (excluding diaryl/α,β-unsaturated/α-hetero) is 1. The van der Waals surface area contributed by atoms with Crippen molar-refractivity contribution in [3.8, 4) is 0 Å². The number of rotatable bonds is 2. The standard InChI is InChI=1S/C13H20O2/c1-12-4-3-5-13(2,9-12)7-10(6-12)11(15)8-14/h8,10H,3-7,9H2,1-2H3. The van der Waals surface area contributed by atoms with Gasteiger partial charge in [-0.2, -0.15) is 0 Å². The van der Waals surface area contributed by atoms with E-state index < -0.39 is 0 Å². The Morgan fingerprint density at radius 2 is 1.73 bits per heavy atom. The molecule has 2 fully saturated rings. The number of carbonyl (C=O) groups excluding carboxylic acids is 2. The van der Waals surface area contributed by atoms with Crippen molar-refractivity contribution >= 4 is 12.1 Å². The Bertz CT molecular complexity index is 279. The first-order valence-corrected chi connectivity index (χ1v) is 5.95. The highest BCUT2D eigenvalue weighted by molar-refractivity contribution is 6.26. The van der Waals surface area contributed by atoms with Gasteiger partial charge in [-0.3, -0.25) is 9.59 Å². The monoisotopic (exact) mass is 208 g/mol. The van der Waals surface area contributed by atoms with Crippen LogP contribution in [-0.4, -0.2) is 12.1 Å². The van der Waals surface area contributed by atoms with Gasteiger partial charge in [0.1, 0.15) is 0 Å². The van der Waals surface area contributed by atoms with Crippen LogP contribution in [0.2, 0.25) is 0 Å². The van der Waals surface area contributed by atoms with Crippen molar-refractivity contribution in [2.75, 3.05) is 0 Å². The molecule has 2 heteroatoms. The van der Waals surface area contributed by atoms with Crippen LogP contribution in [0, 0.1) is 16.7 Å². The molecule has 0 aromatic carbocycles. The van der Waals surface area contributed by atoms with Crippen LogP contribution in [0.3, 0.4) is 0 Å². The Balaban J connectivity index is 2.20. The summed E-state index contributed by atoms with van der Waals surface area (Å²) in [6, 6.07) is 0. The lowest BCUT2D eigenvalue weighted by molar-refractivity contribution is -0.137. The topological polar surface area (TPSA) is 34.1 Å². The first-order valence-electron chi connectivity index (χ1n) is 5.95. The van der Waals surface area contributed by atoms with E-state index in [9.17, 15) is 9.59 Å². The van der Waals surface area contributed by atoms with Crippen LogP contribution in [-0.2, 0) is 9.59 Å². The van der Waals surface area contributed by atoms with Crippen molar-refractivity contribution in [1.82, 2.24) is 0 Å². The van der Waals surface area contributed by atoms with Gasteiger partial charge in [-0.05, 0) is 42.9 Å². The van der Waals surface area contributed by atoms with Crippen molar-refractivity contribution in [3.63, 3.8) is 0 Å². The molecule has 0 saturated heterocycles. The lowest BCUT2D eigenvalue weighted by Gasteiger charge is -2.51. The van der Waals surface area contributed by atoms with Gasteiger partial charge in [-0.15, -0.1) is 0 Å². The highest BCUT2D eigenvalue weighted by Gasteiger charge is 2.47. The zero-order chi connectivity index (χ0) is 11.1. The molecule has 2 aliphatic carbocycles. The number of aldehydes is 1. The second kappa shape index (κ2) is 3.43. The summed E-state index contributed by atoms with van der Waals surface area (Å²) in [5, 5.41) is 0. The van der Waals surface area contributed by atoms with Gasteiger partial charge < -0.3 is 0 Å². The van der Waals surface area contributed by atoms with Crippen LogP contribution in [0.5, 0.6) is 0 Å². The third kappa shape index (κ3) is 1.99. The molecule has 0 spiro atoms. The minimum atomic E-state index is -0.172. The molecule has 2 saturated carbocycles. The molecule has 0 radical (unpaired) electrons. The summed E-state index contributed by atoms with van der Waals surface area (Å²) in [7, 11) is 0. The SMILES string of the molecule is CC12CCCC(C)(CC(C(=O)C=O)C1)C2. The summed E-state index contributed by atoms with van der Waals surface area (Å²) < 4.78 is 0. The molecule has 0 aliphatic heterocycles. The van der Waals surface area contributed by atoms with E-state index in [1.54, 1.807) is 0 Å². The van der Waals surface area contributed by atoms with Gasteiger partial charge in [0.15, 0.2) is 12.1 Å².